The van der Waals surface area contributed by atoms with Crippen molar-refractivity contribution in [3.8, 4) is 0 Å². The molecule has 0 N–H and O–H groups in total. The molecule has 8 aromatic rings. The summed E-state index contributed by atoms with van der Waals surface area (Å²) in [6.45, 7) is 0. The van der Waals surface area contributed by atoms with E-state index < -0.39 is 0 Å². The monoisotopic (exact) mass is 1030 g/mol. The smallest absolute Gasteiger partial charge is 0.0265 e. The first-order chi connectivity index (χ1) is 19.2. The molecule has 8 heteroatoms. The van der Waals surface area contributed by atoms with Gasteiger partial charge in [0.1, 0.15) is 0 Å². The molecule has 0 bridgehead atoms. The van der Waals surface area contributed by atoms with Crippen LogP contribution in [-0.2, 0) is 0 Å². The molecule has 0 aliphatic heterocycles. The van der Waals surface area contributed by atoms with Crippen LogP contribution in [0.4, 0.5) is 0 Å². The van der Waals surface area contributed by atoms with Crippen molar-refractivity contribution in [2.75, 3.05) is 0 Å². The van der Waals surface area contributed by atoms with Crippen LogP contribution in [0, 0.1) is 0 Å². The zero-order valence-corrected chi connectivity index (χ0v) is 32.6. The first-order valence-corrected chi connectivity index (χ1v) is 18.3. The summed E-state index contributed by atoms with van der Waals surface area (Å²) in [7, 11) is 0. The molecular weight excluding hydrogens is 1020 g/mol. The third-order valence-corrected chi connectivity index (χ3v) is 12.6. The average Bonchev–Trinajstić information content (AvgIpc) is 2.92. The van der Waals surface area contributed by atoms with Gasteiger partial charge in [-0.1, -0.05) is 176 Å². The van der Waals surface area contributed by atoms with Gasteiger partial charge in [0, 0.05) is 35.8 Å². The van der Waals surface area contributed by atoms with Crippen LogP contribution in [0.5, 0.6) is 0 Å². The summed E-state index contributed by atoms with van der Waals surface area (Å²) in [4.78, 5) is 0. The molecule has 0 aliphatic carbocycles. The topological polar surface area (TPSA) is 0 Å². The largest absolute Gasteiger partial charge is 0.0525 e. The second kappa shape index (κ2) is 10.7. The molecule has 0 heterocycles. The van der Waals surface area contributed by atoms with Gasteiger partial charge in [0.15, 0.2) is 0 Å². The Kier molecular flexibility index (Phi) is 7.60. The van der Waals surface area contributed by atoms with Crippen LogP contribution in [0.15, 0.2) is 109 Å². The highest BCUT2D eigenvalue weighted by molar-refractivity contribution is 9.12. The maximum atomic E-state index is 3.68. The van der Waals surface area contributed by atoms with E-state index in [2.05, 4.69) is 200 Å². The number of hydrogen-bond donors (Lipinski definition) is 0. The molecule has 8 rings (SSSR count). The van der Waals surface area contributed by atoms with E-state index >= 15 is 0 Å². The molecule has 196 valence electrons. The summed E-state index contributed by atoms with van der Waals surface area (Å²) in [6.07, 6.45) is 0. The van der Waals surface area contributed by atoms with Crippen molar-refractivity contribution in [1.29, 1.82) is 0 Å². The highest BCUT2D eigenvalue weighted by atomic mass is 79.9. The van der Waals surface area contributed by atoms with Crippen LogP contribution in [0.1, 0.15) is 0 Å². The first-order valence-electron chi connectivity index (χ1n) is 12.0. The molecule has 0 fully saturated rings. The maximum Gasteiger partial charge on any atom is 0.0265 e. The molecule has 0 saturated carbocycles. The van der Waals surface area contributed by atoms with Crippen LogP contribution in [0.2, 0.25) is 0 Å². The summed E-state index contributed by atoms with van der Waals surface area (Å²) in [6, 6.07) is 25.9. The van der Waals surface area contributed by atoms with Gasteiger partial charge in [-0.2, -0.15) is 0 Å². The normalized spacial score (nSPS) is 12.0. The Morgan fingerprint density at radius 1 is 0.225 bits per heavy atom. The number of rotatable bonds is 0. The van der Waals surface area contributed by atoms with Gasteiger partial charge in [-0.3, -0.25) is 0 Å². The standard InChI is InChI=1S/2C16H6Br4/c2*17-11-5-13(19)9-3-4-10-14(20)6-12(18)8-2-1-7(11)15(9)16(8)10/h2*1-6H. The SMILES string of the molecule is Brc1cc(Br)c2ccc3c(Br)cc(Br)c4ccc1c2c43.Brc1cc(Br)c2ccc3c(Br)cc(Br)c4ccc1c2c43. The van der Waals surface area contributed by atoms with Crippen LogP contribution in [0.3, 0.4) is 0 Å². The molecule has 0 aliphatic rings. The fraction of sp³-hybridized carbons (Fsp3) is 0. The van der Waals surface area contributed by atoms with Crippen molar-refractivity contribution in [2.45, 2.75) is 0 Å². The number of halogens is 8. The Morgan fingerprint density at radius 3 is 0.475 bits per heavy atom. The van der Waals surface area contributed by atoms with E-state index in [-0.39, 0.29) is 0 Å². The van der Waals surface area contributed by atoms with Gasteiger partial charge in [-0.25, -0.2) is 0 Å². The van der Waals surface area contributed by atoms with Crippen molar-refractivity contribution in [1.82, 2.24) is 0 Å². The molecule has 0 aromatic heterocycles. The predicted molar refractivity (Wildman–Crippen MR) is 202 cm³/mol. The highest BCUT2D eigenvalue weighted by Crippen LogP contribution is 2.46. The van der Waals surface area contributed by atoms with E-state index in [0.29, 0.717) is 0 Å². The van der Waals surface area contributed by atoms with E-state index in [9.17, 15) is 0 Å². The van der Waals surface area contributed by atoms with Gasteiger partial charge in [0.05, 0.1) is 0 Å². The molecule has 0 spiro atoms. The van der Waals surface area contributed by atoms with Crippen LogP contribution < -0.4 is 0 Å². The van der Waals surface area contributed by atoms with Gasteiger partial charge in [-0.05, 0) is 88.9 Å². The average molecular weight is 1040 g/mol. The van der Waals surface area contributed by atoms with E-state index in [4.69, 9.17) is 0 Å². The van der Waals surface area contributed by atoms with Crippen molar-refractivity contribution in [3.63, 3.8) is 0 Å². The van der Waals surface area contributed by atoms with Gasteiger partial charge >= 0.3 is 0 Å². The lowest BCUT2D eigenvalue weighted by atomic mass is 9.94. The highest BCUT2D eigenvalue weighted by Gasteiger charge is 2.17. The molecule has 40 heavy (non-hydrogen) atoms. The van der Waals surface area contributed by atoms with Gasteiger partial charge in [0.2, 0.25) is 0 Å². The molecular formula is C32H12Br8. The Morgan fingerprint density at radius 2 is 0.350 bits per heavy atom. The molecule has 0 unspecified atom stereocenters. The van der Waals surface area contributed by atoms with Crippen LogP contribution >= 0.6 is 127 Å². The third-order valence-electron chi connectivity index (χ3n) is 7.39. The van der Waals surface area contributed by atoms with Gasteiger partial charge in [-0.15, -0.1) is 0 Å². The van der Waals surface area contributed by atoms with E-state index in [1.165, 1.54) is 64.6 Å². The molecule has 0 amide bonds. The Hall–Kier alpha value is -0.320. The Balaban J connectivity index is 0.000000132. The lowest BCUT2D eigenvalue weighted by molar-refractivity contribution is 1.68. The van der Waals surface area contributed by atoms with E-state index in [1.807, 2.05) is 0 Å². The second-order valence-electron chi connectivity index (χ2n) is 9.50. The minimum Gasteiger partial charge on any atom is -0.0525 e. The van der Waals surface area contributed by atoms with Crippen LogP contribution in [0.25, 0.3) is 64.6 Å². The fourth-order valence-corrected chi connectivity index (χ4v) is 11.4. The molecule has 0 atom stereocenters. The first kappa shape index (κ1) is 28.5. The van der Waals surface area contributed by atoms with Crippen molar-refractivity contribution in [2.24, 2.45) is 0 Å². The zero-order valence-electron chi connectivity index (χ0n) is 20.0. The minimum atomic E-state index is 1.11. The van der Waals surface area contributed by atoms with Gasteiger partial charge in [0.25, 0.3) is 0 Å². The zero-order chi connectivity index (χ0) is 28.0. The Bertz CT molecular complexity index is 1830. The quantitative estimate of drug-likeness (QED) is 0.133. The van der Waals surface area contributed by atoms with E-state index in [0.717, 1.165) is 35.8 Å². The summed E-state index contributed by atoms with van der Waals surface area (Å²) < 4.78 is 8.91. The molecule has 0 saturated heterocycles. The summed E-state index contributed by atoms with van der Waals surface area (Å²) in [5, 5.41) is 15.1. The lowest BCUT2D eigenvalue weighted by Crippen LogP contribution is -1.87. The van der Waals surface area contributed by atoms with E-state index in [1.54, 1.807) is 0 Å². The lowest BCUT2D eigenvalue weighted by Gasteiger charge is -2.15. The number of hydrogen-bond acceptors (Lipinski definition) is 0. The van der Waals surface area contributed by atoms with Crippen molar-refractivity contribution >= 4 is 192 Å². The second-order valence-corrected chi connectivity index (χ2v) is 16.3. The summed E-state index contributed by atoms with van der Waals surface area (Å²) >= 11 is 29.4. The molecule has 0 radical (unpaired) electrons. The number of benzene rings is 8. The van der Waals surface area contributed by atoms with Crippen LogP contribution in [-0.4, -0.2) is 0 Å². The fourth-order valence-electron chi connectivity index (χ4n) is 5.65. The Labute approximate surface area is 296 Å². The predicted octanol–water partition coefficient (Wildman–Crippen LogP) is 15.3. The molecule has 8 aromatic carbocycles. The molecule has 0 nitrogen and oxygen atoms in total. The minimum absolute atomic E-state index is 1.11. The summed E-state index contributed by atoms with van der Waals surface area (Å²) in [5.41, 5.74) is 0. The summed E-state index contributed by atoms with van der Waals surface area (Å²) in [5.74, 6) is 0. The van der Waals surface area contributed by atoms with Gasteiger partial charge < -0.3 is 0 Å². The van der Waals surface area contributed by atoms with Crippen molar-refractivity contribution < 1.29 is 0 Å². The maximum absolute atomic E-state index is 3.68. The van der Waals surface area contributed by atoms with Crippen molar-refractivity contribution in [3.05, 3.63) is 109 Å². The third kappa shape index (κ3) is 4.37.